The monoisotopic (exact) mass is 298 g/mol. The van der Waals surface area contributed by atoms with Gasteiger partial charge in [0.1, 0.15) is 0 Å². The molecule has 0 aromatic heterocycles. The fourth-order valence-electron chi connectivity index (χ4n) is 2.20. The maximum atomic E-state index is 13.9. The zero-order chi connectivity index (χ0) is 15.1. The SMILES string of the molecule is O=C(CCNCC(F)(F)c1ccccc1)N1CCOCC1. The van der Waals surface area contributed by atoms with E-state index >= 15 is 0 Å². The van der Waals surface area contributed by atoms with Crippen molar-refractivity contribution in [3.63, 3.8) is 0 Å². The number of halogens is 2. The lowest BCUT2D eigenvalue weighted by Crippen LogP contribution is -2.42. The summed E-state index contributed by atoms with van der Waals surface area (Å²) in [5.41, 5.74) is -0.0167. The van der Waals surface area contributed by atoms with Crippen LogP contribution < -0.4 is 5.32 Å². The molecule has 0 spiro atoms. The normalized spacial score (nSPS) is 16.0. The molecule has 6 heteroatoms. The molecule has 21 heavy (non-hydrogen) atoms. The molecule has 0 radical (unpaired) electrons. The number of rotatable bonds is 6. The predicted octanol–water partition coefficient (Wildman–Crippen LogP) is 1.62. The summed E-state index contributed by atoms with van der Waals surface area (Å²) in [6.07, 6.45) is 0.227. The second-order valence-corrected chi connectivity index (χ2v) is 4.99. The Morgan fingerprint density at radius 3 is 2.57 bits per heavy atom. The second kappa shape index (κ2) is 7.47. The van der Waals surface area contributed by atoms with Crippen LogP contribution in [0.5, 0.6) is 0 Å². The first-order valence-electron chi connectivity index (χ1n) is 7.09. The molecule has 1 aliphatic heterocycles. The first-order chi connectivity index (χ1) is 10.1. The van der Waals surface area contributed by atoms with Crippen molar-refractivity contribution in [2.75, 3.05) is 39.4 Å². The van der Waals surface area contributed by atoms with Gasteiger partial charge in [-0.3, -0.25) is 4.79 Å². The van der Waals surface area contributed by atoms with Gasteiger partial charge in [-0.15, -0.1) is 0 Å². The molecule has 1 aromatic carbocycles. The zero-order valence-electron chi connectivity index (χ0n) is 11.9. The average Bonchev–Trinajstić information content (AvgIpc) is 2.53. The highest BCUT2D eigenvalue weighted by Gasteiger charge is 2.30. The van der Waals surface area contributed by atoms with Crippen LogP contribution in [0.2, 0.25) is 0 Å². The van der Waals surface area contributed by atoms with Crippen molar-refractivity contribution in [1.82, 2.24) is 10.2 Å². The minimum Gasteiger partial charge on any atom is -0.378 e. The summed E-state index contributed by atoms with van der Waals surface area (Å²) in [4.78, 5) is 13.5. The molecule has 1 heterocycles. The number of hydrogen-bond donors (Lipinski definition) is 1. The molecule has 2 rings (SSSR count). The molecule has 0 saturated carbocycles. The van der Waals surface area contributed by atoms with E-state index in [1.165, 1.54) is 12.1 Å². The molecule has 0 bridgehead atoms. The summed E-state index contributed by atoms with van der Waals surface area (Å²) in [6.45, 7) is 2.04. The van der Waals surface area contributed by atoms with Gasteiger partial charge in [0.15, 0.2) is 0 Å². The number of nitrogens with zero attached hydrogens (tertiary/aromatic N) is 1. The zero-order valence-corrected chi connectivity index (χ0v) is 11.9. The van der Waals surface area contributed by atoms with Crippen molar-refractivity contribution < 1.29 is 18.3 Å². The molecule has 1 amide bonds. The highest BCUT2D eigenvalue weighted by Crippen LogP contribution is 2.26. The van der Waals surface area contributed by atoms with Crippen LogP contribution in [0.25, 0.3) is 0 Å². The van der Waals surface area contributed by atoms with Crippen molar-refractivity contribution in [2.24, 2.45) is 0 Å². The first-order valence-corrected chi connectivity index (χ1v) is 7.09. The van der Waals surface area contributed by atoms with Gasteiger partial charge in [0.25, 0.3) is 5.92 Å². The molecule has 0 unspecified atom stereocenters. The molecule has 1 aromatic rings. The number of ether oxygens (including phenoxy) is 1. The molecule has 1 aliphatic rings. The third-order valence-electron chi connectivity index (χ3n) is 3.42. The van der Waals surface area contributed by atoms with Gasteiger partial charge in [-0.1, -0.05) is 30.3 Å². The maximum absolute atomic E-state index is 13.9. The lowest BCUT2D eigenvalue weighted by atomic mass is 10.1. The van der Waals surface area contributed by atoms with Crippen LogP contribution >= 0.6 is 0 Å². The third kappa shape index (κ3) is 4.75. The first kappa shape index (κ1) is 15.9. The van der Waals surface area contributed by atoms with Crippen molar-refractivity contribution in [2.45, 2.75) is 12.3 Å². The number of nitrogens with one attached hydrogen (secondary N) is 1. The van der Waals surface area contributed by atoms with Crippen LogP contribution in [0.15, 0.2) is 30.3 Å². The van der Waals surface area contributed by atoms with Crippen LogP contribution in [-0.4, -0.2) is 50.2 Å². The van der Waals surface area contributed by atoms with Crippen LogP contribution in [0.3, 0.4) is 0 Å². The summed E-state index contributed by atoms with van der Waals surface area (Å²) in [5.74, 6) is -2.95. The lowest BCUT2D eigenvalue weighted by Gasteiger charge is -2.27. The van der Waals surface area contributed by atoms with E-state index in [9.17, 15) is 13.6 Å². The third-order valence-corrected chi connectivity index (χ3v) is 3.42. The maximum Gasteiger partial charge on any atom is 0.285 e. The quantitative estimate of drug-likeness (QED) is 0.812. The molecular weight excluding hydrogens is 278 g/mol. The smallest absolute Gasteiger partial charge is 0.285 e. The number of benzene rings is 1. The van der Waals surface area contributed by atoms with E-state index in [1.807, 2.05) is 0 Å². The minimum atomic E-state index is -2.93. The number of carbonyl (C=O) groups is 1. The Morgan fingerprint density at radius 1 is 1.24 bits per heavy atom. The van der Waals surface area contributed by atoms with E-state index in [2.05, 4.69) is 5.32 Å². The molecule has 4 nitrogen and oxygen atoms in total. The second-order valence-electron chi connectivity index (χ2n) is 4.99. The molecule has 1 N–H and O–H groups in total. The number of morpholine rings is 1. The Balaban J connectivity index is 1.70. The van der Waals surface area contributed by atoms with Crippen LogP contribution in [0, 0.1) is 0 Å². The molecule has 0 atom stereocenters. The van der Waals surface area contributed by atoms with Crippen LogP contribution in [0.1, 0.15) is 12.0 Å². The van der Waals surface area contributed by atoms with Crippen molar-refractivity contribution in [3.8, 4) is 0 Å². The summed E-state index contributed by atoms with van der Waals surface area (Å²) in [7, 11) is 0. The molecule has 0 aliphatic carbocycles. The van der Waals surface area contributed by atoms with E-state index in [-0.39, 0.29) is 24.4 Å². The molecule has 1 fully saturated rings. The molecule has 1 saturated heterocycles. The van der Waals surface area contributed by atoms with Gasteiger partial charge in [-0.05, 0) is 0 Å². The van der Waals surface area contributed by atoms with Gasteiger partial charge >= 0.3 is 0 Å². The van der Waals surface area contributed by atoms with Crippen molar-refractivity contribution in [3.05, 3.63) is 35.9 Å². The van der Waals surface area contributed by atoms with Gasteiger partial charge < -0.3 is 15.0 Å². The Hall–Kier alpha value is -1.53. The van der Waals surface area contributed by atoms with E-state index in [4.69, 9.17) is 4.74 Å². The Labute approximate surface area is 123 Å². The predicted molar refractivity (Wildman–Crippen MR) is 75.2 cm³/mol. The molecular formula is C15H20F2N2O2. The van der Waals surface area contributed by atoms with E-state index < -0.39 is 12.5 Å². The van der Waals surface area contributed by atoms with Gasteiger partial charge in [-0.2, -0.15) is 8.78 Å². The summed E-state index contributed by atoms with van der Waals surface area (Å²) in [6, 6.07) is 7.69. The Morgan fingerprint density at radius 2 is 1.90 bits per heavy atom. The van der Waals surface area contributed by atoms with E-state index in [1.54, 1.807) is 23.1 Å². The molecule has 116 valence electrons. The highest BCUT2D eigenvalue weighted by molar-refractivity contribution is 5.76. The highest BCUT2D eigenvalue weighted by atomic mass is 19.3. The number of amides is 1. The van der Waals surface area contributed by atoms with Gasteiger partial charge in [-0.25, -0.2) is 0 Å². The number of hydrogen-bond acceptors (Lipinski definition) is 3. The van der Waals surface area contributed by atoms with Crippen molar-refractivity contribution in [1.29, 1.82) is 0 Å². The largest absolute Gasteiger partial charge is 0.378 e. The Kier molecular flexibility index (Phi) is 5.64. The fraction of sp³-hybridized carbons (Fsp3) is 0.533. The lowest BCUT2D eigenvalue weighted by molar-refractivity contribution is -0.135. The van der Waals surface area contributed by atoms with Crippen molar-refractivity contribution >= 4 is 5.91 Å². The number of alkyl halides is 2. The summed E-state index contributed by atoms with van der Waals surface area (Å²) in [5, 5.41) is 2.67. The van der Waals surface area contributed by atoms with Gasteiger partial charge in [0.05, 0.1) is 19.8 Å². The average molecular weight is 298 g/mol. The fourth-order valence-corrected chi connectivity index (χ4v) is 2.20. The van der Waals surface area contributed by atoms with Gasteiger partial charge in [0, 0.05) is 31.6 Å². The summed E-state index contributed by atoms with van der Waals surface area (Å²) < 4.78 is 32.9. The van der Waals surface area contributed by atoms with Crippen LogP contribution in [-0.2, 0) is 15.5 Å². The Bertz CT molecular complexity index is 448. The summed E-state index contributed by atoms with van der Waals surface area (Å²) >= 11 is 0. The standard InChI is InChI=1S/C15H20F2N2O2/c16-15(17,13-4-2-1-3-5-13)12-18-7-6-14(20)19-8-10-21-11-9-19/h1-5,18H,6-12H2. The van der Waals surface area contributed by atoms with E-state index in [0.29, 0.717) is 26.3 Å². The van der Waals surface area contributed by atoms with E-state index in [0.717, 1.165) is 0 Å². The number of carbonyl (C=O) groups excluding carboxylic acids is 1. The topological polar surface area (TPSA) is 41.6 Å². The van der Waals surface area contributed by atoms with Crippen LogP contribution in [0.4, 0.5) is 8.78 Å². The minimum absolute atomic E-state index is 0.0167. The van der Waals surface area contributed by atoms with Gasteiger partial charge in [0.2, 0.25) is 5.91 Å².